The Kier molecular flexibility index (Phi) is 3.82. The number of hydrogen-bond acceptors (Lipinski definition) is 6. The number of hydrogen-bond donors (Lipinski definition) is 1. The summed E-state index contributed by atoms with van der Waals surface area (Å²) in [6.45, 7) is 6.51. The van der Waals surface area contributed by atoms with Crippen molar-refractivity contribution in [1.29, 1.82) is 0 Å². The van der Waals surface area contributed by atoms with Crippen LogP contribution >= 0.6 is 0 Å². The molecule has 0 amide bonds. The van der Waals surface area contributed by atoms with Crippen LogP contribution in [0.15, 0.2) is 6.20 Å². The minimum Gasteiger partial charge on any atom is -0.473 e. The Balaban J connectivity index is 2.75. The normalized spacial score (nSPS) is 11.2. The van der Waals surface area contributed by atoms with Gasteiger partial charge in [-0.25, -0.2) is 4.98 Å². The molecule has 94 valence electrons. The minimum absolute atomic E-state index is 0.0404. The van der Waals surface area contributed by atoms with Crippen LogP contribution in [0.2, 0.25) is 0 Å². The van der Waals surface area contributed by atoms with Crippen molar-refractivity contribution in [3.8, 4) is 5.88 Å². The predicted octanol–water partition coefficient (Wildman–Crippen LogP) is 1.78. The first-order valence-corrected chi connectivity index (χ1v) is 5.19. The Bertz CT molecular complexity index is 415. The standard InChI is InChI=1S/C10H16N4O3/c1-10(2,3)4-5-17-8-7(14(15)16)6-12-9(11)13-8/h6H,4-5H2,1-3H3,(H2,11,12,13). The highest BCUT2D eigenvalue weighted by atomic mass is 16.6. The van der Waals surface area contributed by atoms with E-state index in [0.717, 1.165) is 12.6 Å². The van der Waals surface area contributed by atoms with Gasteiger partial charge in [0.15, 0.2) is 0 Å². The van der Waals surface area contributed by atoms with Crippen molar-refractivity contribution >= 4 is 11.6 Å². The van der Waals surface area contributed by atoms with Crippen molar-refractivity contribution in [2.45, 2.75) is 27.2 Å². The maximum Gasteiger partial charge on any atom is 0.349 e. The van der Waals surface area contributed by atoms with E-state index in [1.54, 1.807) is 0 Å². The smallest absolute Gasteiger partial charge is 0.349 e. The number of nitrogen functional groups attached to an aromatic ring is 1. The molecule has 7 heteroatoms. The van der Waals surface area contributed by atoms with Crippen molar-refractivity contribution in [2.24, 2.45) is 5.41 Å². The van der Waals surface area contributed by atoms with E-state index < -0.39 is 4.92 Å². The Morgan fingerprint density at radius 1 is 1.53 bits per heavy atom. The van der Waals surface area contributed by atoms with Crippen molar-refractivity contribution < 1.29 is 9.66 Å². The lowest BCUT2D eigenvalue weighted by Gasteiger charge is -2.17. The Labute approximate surface area is 99.2 Å². The van der Waals surface area contributed by atoms with Crippen LogP contribution in [0, 0.1) is 15.5 Å². The minimum atomic E-state index is -0.591. The molecule has 0 aliphatic rings. The van der Waals surface area contributed by atoms with Gasteiger partial charge in [0, 0.05) is 0 Å². The summed E-state index contributed by atoms with van der Waals surface area (Å²) in [5.74, 6) is -0.117. The molecule has 1 aromatic rings. The van der Waals surface area contributed by atoms with Gasteiger partial charge in [-0.05, 0) is 11.8 Å². The van der Waals surface area contributed by atoms with Gasteiger partial charge in [-0.3, -0.25) is 10.1 Å². The molecule has 0 saturated carbocycles. The molecule has 0 aliphatic carbocycles. The predicted molar refractivity (Wildman–Crippen MR) is 62.7 cm³/mol. The van der Waals surface area contributed by atoms with Crippen LogP contribution in [0.25, 0.3) is 0 Å². The lowest BCUT2D eigenvalue weighted by Crippen LogP contribution is -2.12. The van der Waals surface area contributed by atoms with Crippen LogP contribution in [0.5, 0.6) is 5.88 Å². The molecular weight excluding hydrogens is 224 g/mol. The summed E-state index contributed by atoms with van der Waals surface area (Å²) < 4.78 is 5.28. The summed E-state index contributed by atoms with van der Waals surface area (Å²) >= 11 is 0. The van der Waals surface area contributed by atoms with Gasteiger partial charge in [-0.15, -0.1) is 0 Å². The molecule has 0 aliphatic heterocycles. The van der Waals surface area contributed by atoms with Gasteiger partial charge in [0.25, 0.3) is 5.88 Å². The number of aromatic nitrogens is 2. The molecule has 1 rings (SSSR count). The number of nitrogens with zero attached hydrogens (tertiary/aromatic N) is 3. The van der Waals surface area contributed by atoms with E-state index in [1.165, 1.54) is 0 Å². The van der Waals surface area contributed by atoms with Gasteiger partial charge in [0.05, 0.1) is 11.5 Å². The fourth-order valence-electron chi connectivity index (χ4n) is 1.06. The molecule has 0 atom stereocenters. The number of anilines is 1. The maximum atomic E-state index is 10.7. The zero-order valence-corrected chi connectivity index (χ0v) is 10.1. The molecule has 17 heavy (non-hydrogen) atoms. The second kappa shape index (κ2) is 4.94. The maximum absolute atomic E-state index is 10.7. The Morgan fingerprint density at radius 3 is 2.71 bits per heavy atom. The summed E-state index contributed by atoms with van der Waals surface area (Å²) in [5, 5.41) is 10.7. The third-order valence-corrected chi connectivity index (χ3v) is 2.04. The molecule has 0 radical (unpaired) electrons. The van der Waals surface area contributed by atoms with Crippen LogP contribution in [-0.2, 0) is 0 Å². The fourth-order valence-corrected chi connectivity index (χ4v) is 1.06. The molecule has 0 saturated heterocycles. The monoisotopic (exact) mass is 240 g/mol. The van der Waals surface area contributed by atoms with Crippen molar-refractivity contribution in [3.05, 3.63) is 16.3 Å². The van der Waals surface area contributed by atoms with E-state index in [9.17, 15) is 10.1 Å². The number of nitrogens with two attached hydrogens (primary N) is 1. The van der Waals surface area contributed by atoms with Crippen LogP contribution in [0.1, 0.15) is 27.2 Å². The molecule has 0 bridgehead atoms. The van der Waals surface area contributed by atoms with E-state index in [0.29, 0.717) is 6.61 Å². The highest BCUT2D eigenvalue weighted by Gasteiger charge is 2.19. The molecule has 0 fully saturated rings. The quantitative estimate of drug-likeness (QED) is 0.635. The topological polar surface area (TPSA) is 104 Å². The van der Waals surface area contributed by atoms with E-state index in [4.69, 9.17) is 10.5 Å². The number of nitro groups is 1. The number of ether oxygens (including phenoxy) is 1. The molecule has 0 spiro atoms. The first-order valence-electron chi connectivity index (χ1n) is 5.19. The van der Waals surface area contributed by atoms with E-state index >= 15 is 0 Å². The number of rotatable bonds is 4. The Morgan fingerprint density at radius 2 is 2.18 bits per heavy atom. The molecule has 1 aromatic heterocycles. The molecular formula is C10H16N4O3. The lowest BCUT2D eigenvalue weighted by molar-refractivity contribution is -0.386. The van der Waals surface area contributed by atoms with Gasteiger partial charge < -0.3 is 10.5 Å². The summed E-state index contributed by atoms with van der Waals surface area (Å²) in [7, 11) is 0. The van der Waals surface area contributed by atoms with Gasteiger partial charge in [0.1, 0.15) is 6.20 Å². The zero-order valence-electron chi connectivity index (χ0n) is 10.1. The second-order valence-corrected chi connectivity index (χ2v) is 4.83. The van der Waals surface area contributed by atoms with Crippen molar-refractivity contribution in [3.63, 3.8) is 0 Å². The van der Waals surface area contributed by atoms with Gasteiger partial charge in [0.2, 0.25) is 5.95 Å². The largest absolute Gasteiger partial charge is 0.473 e. The summed E-state index contributed by atoms with van der Waals surface area (Å²) in [6.07, 6.45) is 1.81. The van der Waals surface area contributed by atoms with Gasteiger partial charge in [-0.2, -0.15) is 4.98 Å². The lowest BCUT2D eigenvalue weighted by atomic mass is 9.93. The summed E-state index contributed by atoms with van der Waals surface area (Å²) in [6, 6.07) is 0. The molecule has 1 heterocycles. The fraction of sp³-hybridized carbons (Fsp3) is 0.600. The molecule has 2 N–H and O–H groups in total. The van der Waals surface area contributed by atoms with E-state index in [2.05, 4.69) is 30.7 Å². The van der Waals surface area contributed by atoms with Gasteiger partial charge >= 0.3 is 5.69 Å². The van der Waals surface area contributed by atoms with Gasteiger partial charge in [-0.1, -0.05) is 20.8 Å². The van der Waals surface area contributed by atoms with Crippen molar-refractivity contribution in [1.82, 2.24) is 9.97 Å². The van der Waals surface area contributed by atoms with Crippen LogP contribution < -0.4 is 10.5 Å². The van der Waals surface area contributed by atoms with Crippen molar-refractivity contribution in [2.75, 3.05) is 12.3 Å². The summed E-state index contributed by atoms with van der Waals surface area (Å²) in [4.78, 5) is 17.4. The highest BCUT2D eigenvalue weighted by Crippen LogP contribution is 2.25. The zero-order chi connectivity index (χ0) is 13.1. The van der Waals surface area contributed by atoms with Crippen LogP contribution in [0.4, 0.5) is 11.6 Å². The van der Waals surface area contributed by atoms with E-state index in [1.807, 2.05) is 0 Å². The molecule has 0 unspecified atom stereocenters. The first-order chi connectivity index (χ1) is 7.79. The highest BCUT2D eigenvalue weighted by molar-refractivity contribution is 5.41. The molecule has 7 nitrogen and oxygen atoms in total. The molecule has 0 aromatic carbocycles. The summed E-state index contributed by atoms with van der Waals surface area (Å²) in [5.41, 5.74) is 5.18. The van der Waals surface area contributed by atoms with Crippen LogP contribution in [0.3, 0.4) is 0 Å². The Hall–Kier alpha value is -1.92. The van der Waals surface area contributed by atoms with E-state index in [-0.39, 0.29) is 22.9 Å². The SMILES string of the molecule is CC(C)(C)CCOc1nc(N)ncc1[N+](=O)[O-]. The average Bonchev–Trinajstić information content (AvgIpc) is 2.15. The third-order valence-electron chi connectivity index (χ3n) is 2.04. The van der Waals surface area contributed by atoms with Crippen LogP contribution in [-0.4, -0.2) is 21.5 Å². The average molecular weight is 240 g/mol. The first kappa shape index (κ1) is 13.1. The third kappa shape index (κ3) is 4.21. The second-order valence-electron chi connectivity index (χ2n) is 4.83.